The first-order valence-corrected chi connectivity index (χ1v) is 7.34. The Morgan fingerprint density at radius 1 is 1.38 bits per heavy atom. The predicted octanol–water partition coefficient (Wildman–Crippen LogP) is 3.92. The van der Waals surface area contributed by atoms with Crippen molar-refractivity contribution in [1.82, 2.24) is 4.98 Å². The predicted molar refractivity (Wildman–Crippen MR) is 83.7 cm³/mol. The van der Waals surface area contributed by atoms with Gasteiger partial charge in [-0.3, -0.25) is 4.98 Å². The molecule has 1 aliphatic carbocycles. The van der Waals surface area contributed by atoms with Gasteiger partial charge in [0, 0.05) is 17.6 Å². The Morgan fingerprint density at radius 2 is 2.14 bits per heavy atom. The van der Waals surface area contributed by atoms with Gasteiger partial charge in [-0.15, -0.1) is 0 Å². The number of carboxylic acid groups (broad SMARTS) is 1. The highest BCUT2D eigenvalue weighted by atomic mass is 16.4. The van der Waals surface area contributed by atoms with Crippen LogP contribution in [0, 0.1) is 5.41 Å². The Kier molecular flexibility index (Phi) is 3.32. The van der Waals surface area contributed by atoms with E-state index in [1.165, 1.54) is 6.20 Å². The molecule has 1 unspecified atom stereocenters. The van der Waals surface area contributed by atoms with Gasteiger partial charge in [-0.1, -0.05) is 32.0 Å². The lowest BCUT2D eigenvalue weighted by molar-refractivity contribution is 0.0697. The molecule has 1 aromatic heterocycles. The maximum atomic E-state index is 11.5. The van der Waals surface area contributed by atoms with Crippen molar-refractivity contribution in [3.8, 4) is 0 Å². The third kappa shape index (κ3) is 2.71. The van der Waals surface area contributed by atoms with Gasteiger partial charge < -0.3 is 10.4 Å². The van der Waals surface area contributed by atoms with Crippen molar-refractivity contribution < 1.29 is 9.90 Å². The molecule has 110 valence electrons. The zero-order chi connectivity index (χ0) is 15.0. The highest BCUT2D eigenvalue weighted by molar-refractivity contribution is 6.04. The summed E-state index contributed by atoms with van der Waals surface area (Å²) in [7, 11) is 0. The second-order valence-corrected chi connectivity index (χ2v) is 6.62. The fraction of sp³-hybridized carbons (Fsp3) is 0.412. The van der Waals surface area contributed by atoms with Crippen LogP contribution in [-0.4, -0.2) is 22.1 Å². The number of para-hydroxylation sites is 1. The van der Waals surface area contributed by atoms with Gasteiger partial charge in [-0.2, -0.15) is 0 Å². The molecular weight excluding hydrogens is 264 g/mol. The van der Waals surface area contributed by atoms with E-state index in [0.717, 1.165) is 30.2 Å². The van der Waals surface area contributed by atoms with Crippen molar-refractivity contribution in [3.05, 3.63) is 36.0 Å². The normalized spacial score (nSPS) is 20.6. The van der Waals surface area contributed by atoms with Gasteiger partial charge in [0.05, 0.1) is 11.2 Å². The summed E-state index contributed by atoms with van der Waals surface area (Å²) < 4.78 is 0. The van der Waals surface area contributed by atoms with E-state index in [9.17, 15) is 9.90 Å². The number of carbonyl (C=O) groups is 1. The number of aromatic carboxylic acids is 1. The van der Waals surface area contributed by atoms with Crippen LogP contribution in [-0.2, 0) is 0 Å². The van der Waals surface area contributed by atoms with E-state index in [4.69, 9.17) is 0 Å². The van der Waals surface area contributed by atoms with E-state index >= 15 is 0 Å². The van der Waals surface area contributed by atoms with E-state index in [2.05, 4.69) is 24.1 Å². The molecular formula is C17H20N2O2. The van der Waals surface area contributed by atoms with E-state index < -0.39 is 5.97 Å². The van der Waals surface area contributed by atoms with Crippen molar-refractivity contribution in [3.63, 3.8) is 0 Å². The molecule has 0 bridgehead atoms. The van der Waals surface area contributed by atoms with Crippen molar-refractivity contribution in [2.24, 2.45) is 5.41 Å². The molecule has 21 heavy (non-hydrogen) atoms. The highest BCUT2D eigenvalue weighted by Crippen LogP contribution is 2.39. The summed E-state index contributed by atoms with van der Waals surface area (Å²) in [5, 5.41) is 13.8. The molecule has 1 fully saturated rings. The van der Waals surface area contributed by atoms with Gasteiger partial charge in [0.2, 0.25) is 0 Å². The number of fused-ring (bicyclic) bond motifs is 1. The molecule has 3 rings (SSSR count). The SMILES string of the molecule is CC1(C)CCC(Nc2c(C(=O)O)cnc3ccccc23)C1. The number of nitrogens with zero attached hydrogens (tertiary/aromatic N) is 1. The van der Waals surface area contributed by atoms with E-state index in [1.807, 2.05) is 24.3 Å². The molecule has 1 saturated carbocycles. The molecule has 4 nitrogen and oxygen atoms in total. The minimum atomic E-state index is -0.937. The number of hydrogen-bond donors (Lipinski definition) is 2. The van der Waals surface area contributed by atoms with Crippen LogP contribution >= 0.6 is 0 Å². The fourth-order valence-corrected chi connectivity index (χ4v) is 3.22. The van der Waals surface area contributed by atoms with Gasteiger partial charge >= 0.3 is 5.97 Å². The summed E-state index contributed by atoms with van der Waals surface area (Å²) in [6.45, 7) is 4.52. The van der Waals surface area contributed by atoms with Crippen LogP contribution in [0.1, 0.15) is 43.5 Å². The van der Waals surface area contributed by atoms with Crippen molar-refractivity contribution in [2.45, 2.75) is 39.2 Å². The Labute approximate surface area is 124 Å². The molecule has 1 aromatic carbocycles. The van der Waals surface area contributed by atoms with Crippen LogP contribution < -0.4 is 5.32 Å². The van der Waals surface area contributed by atoms with Crippen LogP contribution in [0.3, 0.4) is 0 Å². The van der Waals surface area contributed by atoms with E-state index in [1.54, 1.807) is 0 Å². The van der Waals surface area contributed by atoms with Crippen LogP contribution in [0.4, 0.5) is 5.69 Å². The summed E-state index contributed by atoms with van der Waals surface area (Å²) in [5.41, 5.74) is 2.10. The van der Waals surface area contributed by atoms with E-state index in [0.29, 0.717) is 17.1 Å². The Bertz CT molecular complexity index is 694. The zero-order valence-electron chi connectivity index (χ0n) is 12.4. The second kappa shape index (κ2) is 5.02. The molecule has 1 heterocycles. The third-order valence-electron chi connectivity index (χ3n) is 4.32. The van der Waals surface area contributed by atoms with Crippen molar-refractivity contribution in [2.75, 3.05) is 5.32 Å². The zero-order valence-corrected chi connectivity index (χ0v) is 12.4. The van der Waals surface area contributed by atoms with Gasteiger partial charge in [-0.25, -0.2) is 4.79 Å². The smallest absolute Gasteiger partial charge is 0.339 e. The summed E-state index contributed by atoms with van der Waals surface area (Å²) in [5.74, 6) is -0.937. The van der Waals surface area contributed by atoms with Gasteiger partial charge in [0.1, 0.15) is 5.56 Å². The number of anilines is 1. The minimum Gasteiger partial charge on any atom is -0.478 e. The largest absolute Gasteiger partial charge is 0.478 e. The lowest BCUT2D eigenvalue weighted by Crippen LogP contribution is -2.19. The number of benzene rings is 1. The maximum Gasteiger partial charge on any atom is 0.339 e. The summed E-state index contributed by atoms with van der Waals surface area (Å²) in [4.78, 5) is 15.7. The molecule has 0 radical (unpaired) electrons. The first-order valence-electron chi connectivity index (χ1n) is 7.34. The van der Waals surface area contributed by atoms with Crippen molar-refractivity contribution in [1.29, 1.82) is 0 Å². The van der Waals surface area contributed by atoms with Gasteiger partial charge in [0.15, 0.2) is 0 Å². The maximum absolute atomic E-state index is 11.5. The number of aromatic nitrogens is 1. The number of hydrogen-bond acceptors (Lipinski definition) is 3. The Hall–Kier alpha value is -2.10. The molecule has 0 amide bonds. The second-order valence-electron chi connectivity index (χ2n) is 6.62. The molecule has 0 spiro atoms. The van der Waals surface area contributed by atoms with Gasteiger partial charge in [-0.05, 0) is 30.7 Å². The third-order valence-corrected chi connectivity index (χ3v) is 4.32. The summed E-state index contributed by atoms with van der Waals surface area (Å²) in [6.07, 6.45) is 4.74. The standard InChI is InChI=1S/C17H20N2O2/c1-17(2)8-7-11(9-17)19-15-12-5-3-4-6-14(12)18-10-13(15)16(20)21/h3-6,10-11H,7-9H2,1-2H3,(H,18,19)(H,20,21). The first kappa shape index (κ1) is 13.9. The molecule has 2 N–H and O–H groups in total. The minimum absolute atomic E-state index is 0.249. The number of carboxylic acids is 1. The molecule has 0 saturated heterocycles. The molecule has 2 aromatic rings. The molecule has 0 aliphatic heterocycles. The Balaban J connectivity index is 2.03. The monoisotopic (exact) mass is 284 g/mol. The number of pyridine rings is 1. The van der Waals surface area contributed by atoms with Crippen molar-refractivity contribution >= 4 is 22.6 Å². The lowest BCUT2D eigenvalue weighted by Gasteiger charge is -2.20. The quantitative estimate of drug-likeness (QED) is 0.896. The number of rotatable bonds is 3. The van der Waals surface area contributed by atoms with Gasteiger partial charge in [0.25, 0.3) is 0 Å². The number of nitrogens with one attached hydrogen (secondary N) is 1. The molecule has 1 aliphatic rings. The molecule has 4 heteroatoms. The first-order chi connectivity index (χ1) is 9.96. The topological polar surface area (TPSA) is 62.2 Å². The van der Waals surface area contributed by atoms with E-state index in [-0.39, 0.29) is 5.56 Å². The highest BCUT2D eigenvalue weighted by Gasteiger charge is 2.31. The van der Waals surface area contributed by atoms with Crippen LogP contribution in [0.5, 0.6) is 0 Å². The average Bonchev–Trinajstić information content (AvgIpc) is 2.78. The fourth-order valence-electron chi connectivity index (χ4n) is 3.22. The summed E-state index contributed by atoms with van der Waals surface area (Å²) >= 11 is 0. The van der Waals surface area contributed by atoms with Crippen LogP contribution in [0.25, 0.3) is 10.9 Å². The average molecular weight is 284 g/mol. The summed E-state index contributed by atoms with van der Waals surface area (Å²) in [6, 6.07) is 7.99. The van der Waals surface area contributed by atoms with Crippen LogP contribution in [0.15, 0.2) is 30.5 Å². The lowest BCUT2D eigenvalue weighted by atomic mass is 9.92. The van der Waals surface area contributed by atoms with Crippen LogP contribution in [0.2, 0.25) is 0 Å². The Morgan fingerprint density at radius 3 is 2.81 bits per heavy atom. The molecule has 1 atom stereocenters.